The fraction of sp³-hybridized carbons (Fsp3) is 0.267. The average Bonchev–Trinajstić information content (AvgIpc) is 2.43. The lowest BCUT2D eigenvalue weighted by molar-refractivity contribution is 0.317. The van der Waals surface area contributed by atoms with Gasteiger partial charge in [-0.2, -0.15) is 0 Å². The molecule has 0 aliphatic carbocycles. The topological polar surface area (TPSA) is 56.5 Å². The van der Waals surface area contributed by atoms with Gasteiger partial charge in [-0.05, 0) is 30.7 Å². The van der Waals surface area contributed by atoms with Gasteiger partial charge in [0.25, 0.3) is 0 Å². The van der Waals surface area contributed by atoms with Crippen LogP contribution in [0.15, 0.2) is 38.9 Å². The Balaban J connectivity index is 2.41. The maximum absolute atomic E-state index is 12.0. The molecule has 1 aromatic carbocycles. The number of benzene rings is 1. The van der Waals surface area contributed by atoms with Crippen LogP contribution >= 0.6 is 0 Å². The van der Waals surface area contributed by atoms with Crippen LogP contribution in [0.1, 0.15) is 19.1 Å². The molecule has 0 amide bonds. The third kappa shape index (κ3) is 3.57. The lowest BCUT2D eigenvalue weighted by Gasteiger charge is -2.05. The molecule has 1 heterocycles. The summed E-state index contributed by atoms with van der Waals surface area (Å²) in [5, 5.41) is 1.96. The highest BCUT2D eigenvalue weighted by atomic mass is 32.2. The maximum atomic E-state index is 12.0. The normalized spacial score (nSPS) is 12.9. The predicted molar refractivity (Wildman–Crippen MR) is 81.4 cm³/mol. The van der Waals surface area contributed by atoms with E-state index < -0.39 is 10.8 Å². The van der Waals surface area contributed by atoms with Gasteiger partial charge in [-0.25, -0.2) is 0 Å². The van der Waals surface area contributed by atoms with Crippen molar-refractivity contribution in [2.24, 2.45) is 0 Å². The molecule has 0 aliphatic rings. The van der Waals surface area contributed by atoms with E-state index in [2.05, 4.69) is 0 Å². The first-order valence-electron chi connectivity index (χ1n) is 6.31. The Kier molecular flexibility index (Phi) is 4.74. The molecule has 0 radical (unpaired) electrons. The minimum absolute atomic E-state index is 0.144. The van der Waals surface area contributed by atoms with Crippen LogP contribution in [-0.4, -0.2) is 17.1 Å². The highest BCUT2D eigenvalue weighted by Gasteiger charge is 2.05. The van der Waals surface area contributed by atoms with Crippen molar-refractivity contribution in [3.05, 3.63) is 45.7 Å². The summed E-state index contributed by atoms with van der Waals surface area (Å²) in [6.45, 7) is 2.63. The molecular formula is C15H16O4S. The highest BCUT2D eigenvalue weighted by Crippen LogP contribution is 2.20. The van der Waals surface area contributed by atoms with Crippen LogP contribution in [0.25, 0.3) is 17.0 Å². The highest BCUT2D eigenvalue weighted by molar-refractivity contribution is 7.87. The predicted octanol–water partition coefficient (Wildman–Crippen LogP) is 2.93. The first-order valence-corrected chi connectivity index (χ1v) is 7.93. The minimum Gasteiger partial charge on any atom is -0.494 e. The molecule has 2 aromatic rings. The van der Waals surface area contributed by atoms with E-state index in [-0.39, 0.29) is 5.43 Å². The van der Waals surface area contributed by atoms with Crippen molar-refractivity contribution >= 4 is 27.8 Å². The fourth-order valence-electron chi connectivity index (χ4n) is 1.71. The van der Waals surface area contributed by atoms with Gasteiger partial charge in [-0.15, -0.1) is 0 Å². The van der Waals surface area contributed by atoms with Gasteiger partial charge in [0.2, 0.25) is 0 Å². The van der Waals surface area contributed by atoms with Gasteiger partial charge in [0.15, 0.2) is 5.43 Å². The maximum Gasteiger partial charge on any atom is 0.193 e. The Labute approximate surface area is 119 Å². The molecular weight excluding hydrogens is 276 g/mol. The van der Waals surface area contributed by atoms with E-state index in [0.29, 0.717) is 29.1 Å². The summed E-state index contributed by atoms with van der Waals surface area (Å²) in [6.07, 6.45) is 4.00. The Morgan fingerprint density at radius 2 is 2.15 bits per heavy atom. The molecule has 0 fully saturated rings. The smallest absolute Gasteiger partial charge is 0.193 e. The number of ether oxygens (including phenoxy) is 1. The van der Waals surface area contributed by atoms with Crippen molar-refractivity contribution in [3.63, 3.8) is 0 Å². The molecule has 1 aromatic heterocycles. The minimum atomic E-state index is -1.08. The second-order valence-corrected chi connectivity index (χ2v) is 5.59. The third-order valence-corrected chi connectivity index (χ3v) is 3.13. The zero-order chi connectivity index (χ0) is 14.5. The van der Waals surface area contributed by atoms with Crippen LogP contribution in [0.5, 0.6) is 5.75 Å². The number of fused-ring (bicyclic) bond motifs is 1. The molecule has 4 nitrogen and oxygen atoms in total. The van der Waals surface area contributed by atoms with E-state index in [9.17, 15) is 9.00 Å². The van der Waals surface area contributed by atoms with Crippen LogP contribution in [0.2, 0.25) is 0 Å². The largest absolute Gasteiger partial charge is 0.494 e. The van der Waals surface area contributed by atoms with Gasteiger partial charge in [-0.1, -0.05) is 6.92 Å². The van der Waals surface area contributed by atoms with Gasteiger partial charge in [-0.3, -0.25) is 9.00 Å². The fourth-order valence-corrected chi connectivity index (χ4v) is 2.03. The van der Waals surface area contributed by atoms with Gasteiger partial charge in [0, 0.05) is 28.5 Å². The first kappa shape index (κ1) is 14.5. The van der Waals surface area contributed by atoms with Gasteiger partial charge in [0.05, 0.1) is 12.0 Å². The molecule has 0 saturated carbocycles. The molecule has 0 bridgehead atoms. The molecule has 0 aliphatic heterocycles. The summed E-state index contributed by atoms with van der Waals surface area (Å²) in [7, 11) is -1.08. The zero-order valence-electron chi connectivity index (χ0n) is 11.4. The molecule has 5 heteroatoms. The Morgan fingerprint density at radius 3 is 2.85 bits per heavy atom. The van der Waals surface area contributed by atoms with Gasteiger partial charge >= 0.3 is 0 Å². The summed E-state index contributed by atoms with van der Waals surface area (Å²) in [5.41, 5.74) is 0.345. The van der Waals surface area contributed by atoms with Crippen LogP contribution in [0, 0.1) is 0 Å². The van der Waals surface area contributed by atoms with Crippen LogP contribution < -0.4 is 10.2 Å². The molecule has 0 N–H and O–H groups in total. The molecule has 1 unspecified atom stereocenters. The van der Waals surface area contributed by atoms with Crippen LogP contribution in [0.4, 0.5) is 0 Å². The molecule has 106 valence electrons. The second kappa shape index (κ2) is 6.52. The van der Waals surface area contributed by atoms with Gasteiger partial charge in [0.1, 0.15) is 17.1 Å². The van der Waals surface area contributed by atoms with Crippen molar-refractivity contribution in [2.45, 2.75) is 13.3 Å². The Morgan fingerprint density at radius 1 is 1.35 bits per heavy atom. The van der Waals surface area contributed by atoms with Crippen molar-refractivity contribution in [1.29, 1.82) is 0 Å². The Hall–Kier alpha value is -1.88. The summed E-state index contributed by atoms with van der Waals surface area (Å²) < 4.78 is 22.1. The number of hydrogen-bond acceptors (Lipinski definition) is 4. The molecule has 0 saturated heterocycles. The van der Waals surface area contributed by atoms with E-state index in [0.717, 1.165) is 6.42 Å². The summed E-state index contributed by atoms with van der Waals surface area (Å²) in [4.78, 5) is 12.0. The summed E-state index contributed by atoms with van der Waals surface area (Å²) in [6, 6.07) is 6.55. The van der Waals surface area contributed by atoms with Crippen LogP contribution in [0.3, 0.4) is 0 Å². The second-order valence-electron chi connectivity index (χ2n) is 4.32. The number of rotatable bonds is 5. The van der Waals surface area contributed by atoms with E-state index in [1.807, 2.05) is 6.92 Å². The third-order valence-electron chi connectivity index (χ3n) is 2.61. The van der Waals surface area contributed by atoms with Crippen molar-refractivity contribution in [2.75, 3.05) is 12.9 Å². The van der Waals surface area contributed by atoms with Crippen molar-refractivity contribution in [1.82, 2.24) is 0 Å². The first-order chi connectivity index (χ1) is 9.60. The lowest BCUT2D eigenvalue weighted by Crippen LogP contribution is -2.02. The Bertz CT molecular complexity index is 715. The molecule has 2 rings (SSSR count). The lowest BCUT2D eigenvalue weighted by atomic mass is 10.2. The SMILES string of the molecule is CCCOc1ccc2oc(/C=C/S(C)=O)cc(=O)c2c1. The molecule has 0 spiro atoms. The van der Waals surface area contributed by atoms with Gasteiger partial charge < -0.3 is 9.15 Å². The van der Waals surface area contributed by atoms with E-state index >= 15 is 0 Å². The van der Waals surface area contributed by atoms with E-state index in [4.69, 9.17) is 9.15 Å². The summed E-state index contributed by atoms with van der Waals surface area (Å²) >= 11 is 0. The average molecular weight is 292 g/mol. The summed E-state index contributed by atoms with van der Waals surface area (Å²) in [5.74, 6) is 1.05. The quantitative estimate of drug-likeness (QED) is 0.850. The van der Waals surface area contributed by atoms with Crippen LogP contribution in [-0.2, 0) is 10.8 Å². The number of hydrogen-bond donors (Lipinski definition) is 0. The molecule has 20 heavy (non-hydrogen) atoms. The standard InChI is InChI=1S/C15H16O4S/c1-3-7-18-11-4-5-15-13(9-11)14(16)10-12(19-15)6-8-20(2)17/h4-6,8-10H,3,7H2,1-2H3/b8-6+. The van der Waals surface area contributed by atoms with E-state index in [1.165, 1.54) is 11.5 Å². The van der Waals surface area contributed by atoms with Crippen molar-refractivity contribution in [3.8, 4) is 5.75 Å². The monoisotopic (exact) mass is 292 g/mol. The van der Waals surface area contributed by atoms with E-state index in [1.54, 1.807) is 30.5 Å². The zero-order valence-corrected chi connectivity index (χ0v) is 12.2. The van der Waals surface area contributed by atoms with Crippen molar-refractivity contribution < 1.29 is 13.4 Å². The molecule has 1 atom stereocenters.